The minimum atomic E-state index is -0.975. The van der Waals surface area contributed by atoms with E-state index in [0.29, 0.717) is 5.09 Å². The van der Waals surface area contributed by atoms with Crippen LogP contribution in [-0.4, -0.2) is 10.5 Å². The molecule has 0 aromatic carbocycles. The minimum Gasteiger partial charge on any atom is -0.453 e. The molecule has 3 heteroatoms. The first-order valence-corrected chi connectivity index (χ1v) is 4.16. The van der Waals surface area contributed by atoms with Gasteiger partial charge < -0.3 is 4.42 Å². The topological polar surface area (TPSA) is 30.2 Å². The summed E-state index contributed by atoms with van der Waals surface area (Å²) in [6.45, 7) is 1.83. The molecule has 0 spiro atoms. The zero-order valence-corrected chi connectivity index (χ0v) is 6.20. The van der Waals surface area contributed by atoms with Crippen molar-refractivity contribution >= 4 is 10.8 Å². The van der Waals surface area contributed by atoms with Gasteiger partial charge in [-0.2, -0.15) is 0 Å². The van der Waals surface area contributed by atoms with Gasteiger partial charge in [-0.15, -0.1) is 0 Å². The van der Waals surface area contributed by atoms with Crippen molar-refractivity contribution in [3.8, 4) is 0 Å². The monoisotopic (exact) mass is 144 g/mol. The van der Waals surface area contributed by atoms with Gasteiger partial charge in [0.05, 0.1) is 10.8 Å². The fourth-order valence-corrected chi connectivity index (χ4v) is 1.08. The number of aryl methyl sites for hydroxylation is 1. The minimum absolute atomic E-state index is 0.549. The molecule has 0 saturated heterocycles. The van der Waals surface area contributed by atoms with Crippen molar-refractivity contribution in [2.24, 2.45) is 0 Å². The summed E-state index contributed by atoms with van der Waals surface area (Å²) in [5, 5.41) is 0.549. The van der Waals surface area contributed by atoms with Crippen LogP contribution >= 0.6 is 0 Å². The zero-order valence-electron chi connectivity index (χ0n) is 5.38. The summed E-state index contributed by atoms with van der Waals surface area (Å²) in [6, 6.07) is 3.53. The van der Waals surface area contributed by atoms with Crippen LogP contribution in [-0.2, 0) is 10.8 Å². The van der Waals surface area contributed by atoms with Crippen LogP contribution in [0.1, 0.15) is 5.76 Å². The number of furan rings is 1. The second kappa shape index (κ2) is 2.35. The van der Waals surface area contributed by atoms with E-state index in [1.165, 1.54) is 0 Å². The molecule has 0 aliphatic heterocycles. The molecule has 0 bridgehead atoms. The molecule has 50 valence electrons. The molecule has 0 fully saturated rings. The summed E-state index contributed by atoms with van der Waals surface area (Å²) in [4.78, 5) is 0. The second-order valence-corrected chi connectivity index (χ2v) is 3.13. The molecule has 9 heavy (non-hydrogen) atoms. The molecule has 1 aromatic heterocycles. The van der Waals surface area contributed by atoms with Crippen molar-refractivity contribution in [2.45, 2.75) is 12.0 Å². The lowest BCUT2D eigenvalue weighted by atomic mass is 10.5. The Morgan fingerprint density at radius 2 is 2.22 bits per heavy atom. The van der Waals surface area contributed by atoms with Gasteiger partial charge in [0.1, 0.15) is 5.76 Å². The molecule has 0 aliphatic rings. The van der Waals surface area contributed by atoms with E-state index in [9.17, 15) is 4.21 Å². The standard InChI is InChI=1S/C6H8O2S/c1-5-3-4-6(8-5)9(2)7/h3-4H,1-2H3. The second-order valence-electron chi connectivity index (χ2n) is 1.82. The first-order chi connectivity index (χ1) is 4.20. The summed E-state index contributed by atoms with van der Waals surface area (Å²) >= 11 is 0. The highest BCUT2D eigenvalue weighted by molar-refractivity contribution is 7.84. The Kier molecular flexibility index (Phi) is 1.71. The molecule has 1 aromatic rings. The lowest BCUT2D eigenvalue weighted by Crippen LogP contribution is -1.80. The SMILES string of the molecule is Cc1ccc(S(C)=O)o1. The van der Waals surface area contributed by atoms with Crippen LogP contribution in [0.4, 0.5) is 0 Å². The summed E-state index contributed by atoms with van der Waals surface area (Å²) in [6.07, 6.45) is 1.60. The van der Waals surface area contributed by atoms with Crippen LogP contribution in [0.25, 0.3) is 0 Å². The maximum absolute atomic E-state index is 10.7. The van der Waals surface area contributed by atoms with E-state index in [4.69, 9.17) is 4.42 Å². The number of hydrogen-bond donors (Lipinski definition) is 0. The lowest BCUT2D eigenvalue weighted by molar-refractivity contribution is 0.442. The highest BCUT2D eigenvalue weighted by Gasteiger charge is 1.99. The van der Waals surface area contributed by atoms with Crippen LogP contribution in [0.3, 0.4) is 0 Å². The molecule has 0 amide bonds. The zero-order chi connectivity index (χ0) is 6.85. The van der Waals surface area contributed by atoms with E-state index in [1.807, 2.05) is 6.92 Å². The van der Waals surface area contributed by atoms with Gasteiger partial charge in [-0.05, 0) is 19.1 Å². The third-order valence-corrected chi connectivity index (χ3v) is 1.79. The van der Waals surface area contributed by atoms with E-state index in [-0.39, 0.29) is 0 Å². The van der Waals surface area contributed by atoms with E-state index >= 15 is 0 Å². The van der Waals surface area contributed by atoms with Crippen LogP contribution in [0, 0.1) is 6.92 Å². The van der Waals surface area contributed by atoms with Gasteiger partial charge in [0, 0.05) is 6.26 Å². The average Bonchev–Trinajstić information content (AvgIpc) is 2.14. The Morgan fingerprint density at radius 3 is 2.44 bits per heavy atom. The van der Waals surface area contributed by atoms with Gasteiger partial charge in [-0.25, -0.2) is 0 Å². The van der Waals surface area contributed by atoms with Gasteiger partial charge >= 0.3 is 0 Å². The predicted octanol–water partition coefficient (Wildman–Crippen LogP) is 1.33. The van der Waals surface area contributed by atoms with Gasteiger partial charge in [0.15, 0.2) is 5.09 Å². The molecule has 0 saturated carbocycles. The highest BCUT2D eigenvalue weighted by atomic mass is 32.2. The predicted molar refractivity (Wildman–Crippen MR) is 35.8 cm³/mol. The smallest absolute Gasteiger partial charge is 0.190 e. The Balaban J connectivity index is 2.98. The van der Waals surface area contributed by atoms with Crippen LogP contribution in [0.2, 0.25) is 0 Å². The van der Waals surface area contributed by atoms with Crippen molar-refractivity contribution < 1.29 is 8.63 Å². The van der Waals surface area contributed by atoms with Crippen molar-refractivity contribution in [1.29, 1.82) is 0 Å². The average molecular weight is 144 g/mol. The maximum atomic E-state index is 10.7. The lowest BCUT2D eigenvalue weighted by Gasteiger charge is -1.84. The normalized spacial score (nSPS) is 13.6. The van der Waals surface area contributed by atoms with E-state index in [1.54, 1.807) is 18.4 Å². The molecule has 0 N–H and O–H groups in total. The Hall–Kier alpha value is -0.570. The third-order valence-electron chi connectivity index (χ3n) is 0.999. The number of rotatable bonds is 1. The van der Waals surface area contributed by atoms with Crippen molar-refractivity contribution in [1.82, 2.24) is 0 Å². The van der Waals surface area contributed by atoms with E-state index in [0.717, 1.165) is 5.76 Å². The highest BCUT2D eigenvalue weighted by Crippen LogP contribution is 2.08. The van der Waals surface area contributed by atoms with Crippen LogP contribution < -0.4 is 0 Å². The Bertz CT molecular complexity index is 227. The maximum Gasteiger partial charge on any atom is 0.190 e. The van der Waals surface area contributed by atoms with Crippen LogP contribution in [0.5, 0.6) is 0 Å². The van der Waals surface area contributed by atoms with Crippen molar-refractivity contribution in [3.63, 3.8) is 0 Å². The van der Waals surface area contributed by atoms with E-state index in [2.05, 4.69) is 0 Å². The molecule has 0 aliphatic carbocycles. The Morgan fingerprint density at radius 1 is 1.56 bits per heavy atom. The molecule has 0 radical (unpaired) electrons. The summed E-state index contributed by atoms with van der Waals surface area (Å²) in [5.41, 5.74) is 0. The fraction of sp³-hybridized carbons (Fsp3) is 0.333. The summed E-state index contributed by atoms with van der Waals surface area (Å²) in [7, 11) is -0.975. The van der Waals surface area contributed by atoms with Gasteiger partial charge in [0.25, 0.3) is 0 Å². The molecule has 1 unspecified atom stereocenters. The van der Waals surface area contributed by atoms with Crippen molar-refractivity contribution in [3.05, 3.63) is 17.9 Å². The summed E-state index contributed by atoms with van der Waals surface area (Å²) < 4.78 is 15.7. The molecule has 1 rings (SSSR count). The Labute approximate surface area is 56.3 Å². The molecule has 2 nitrogen and oxygen atoms in total. The first kappa shape index (κ1) is 6.55. The first-order valence-electron chi connectivity index (χ1n) is 2.60. The fourth-order valence-electron chi connectivity index (χ4n) is 0.567. The molecule has 1 heterocycles. The van der Waals surface area contributed by atoms with Gasteiger partial charge in [-0.1, -0.05) is 0 Å². The number of hydrogen-bond acceptors (Lipinski definition) is 2. The van der Waals surface area contributed by atoms with Crippen LogP contribution in [0.15, 0.2) is 21.6 Å². The van der Waals surface area contributed by atoms with Crippen molar-refractivity contribution in [2.75, 3.05) is 6.26 Å². The third kappa shape index (κ3) is 1.42. The molecular formula is C6H8O2S. The molecule has 1 atom stereocenters. The van der Waals surface area contributed by atoms with Gasteiger partial charge in [0.2, 0.25) is 0 Å². The molecular weight excluding hydrogens is 136 g/mol. The quantitative estimate of drug-likeness (QED) is 0.595. The summed E-state index contributed by atoms with van der Waals surface area (Å²) in [5.74, 6) is 0.806. The largest absolute Gasteiger partial charge is 0.453 e. The van der Waals surface area contributed by atoms with E-state index < -0.39 is 10.8 Å². The van der Waals surface area contributed by atoms with Gasteiger partial charge in [-0.3, -0.25) is 4.21 Å².